The van der Waals surface area contributed by atoms with Crippen LogP contribution in [-0.2, 0) is 9.53 Å². The Morgan fingerprint density at radius 3 is 2.80 bits per heavy atom. The summed E-state index contributed by atoms with van der Waals surface area (Å²) in [5, 5.41) is 0. The van der Waals surface area contributed by atoms with Crippen molar-refractivity contribution in [1.29, 1.82) is 0 Å². The van der Waals surface area contributed by atoms with Crippen LogP contribution >= 0.6 is 0 Å². The average Bonchev–Trinajstić information content (AvgIpc) is 2.26. The van der Waals surface area contributed by atoms with Crippen LogP contribution in [0.2, 0.25) is 0 Å². The second kappa shape index (κ2) is 5.64. The topological polar surface area (TPSA) is 26.3 Å². The van der Waals surface area contributed by atoms with Gasteiger partial charge < -0.3 is 4.74 Å². The number of hydrogen-bond donors (Lipinski definition) is 0. The molecule has 88 valence electrons. The molecule has 1 aliphatic rings. The maximum atomic E-state index is 11.9. The van der Waals surface area contributed by atoms with Gasteiger partial charge in [-0.1, -0.05) is 20.3 Å². The second-order valence-corrected chi connectivity index (χ2v) is 4.91. The van der Waals surface area contributed by atoms with Gasteiger partial charge >= 0.3 is 0 Å². The van der Waals surface area contributed by atoms with E-state index in [0.717, 1.165) is 45.1 Å². The lowest BCUT2D eigenvalue weighted by Crippen LogP contribution is -2.39. The van der Waals surface area contributed by atoms with Crippen molar-refractivity contribution in [3.63, 3.8) is 0 Å². The highest BCUT2D eigenvalue weighted by Crippen LogP contribution is 2.32. The van der Waals surface area contributed by atoms with Gasteiger partial charge in [-0.25, -0.2) is 0 Å². The fourth-order valence-corrected chi connectivity index (χ4v) is 2.21. The summed E-state index contributed by atoms with van der Waals surface area (Å²) in [6, 6.07) is 0. The molecular weight excluding hydrogens is 188 g/mol. The first-order valence-corrected chi connectivity index (χ1v) is 6.28. The first-order valence-electron chi connectivity index (χ1n) is 6.28. The van der Waals surface area contributed by atoms with E-state index in [4.69, 9.17) is 4.74 Å². The minimum absolute atomic E-state index is 0.0508. The quantitative estimate of drug-likeness (QED) is 0.698. The lowest BCUT2D eigenvalue weighted by molar-refractivity contribution is -0.135. The Morgan fingerprint density at radius 1 is 1.47 bits per heavy atom. The Labute approximate surface area is 93.4 Å². The Balaban J connectivity index is 2.45. The molecule has 1 fully saturated rings. The molecular formula is C13H24O2. The van der Waals surface area contributed by atoms with E-state index in [0.29, 0.717) is 5.78 Å². The molecule has 0 saturated carbocycles. The molecule has 1 aliphatic heterocycles. The summed E-state index contributed by atoms with van der Waals surface area (Å²) < 4.78 is 5.75. The first-order chi connectivity index (χ1) is 7.11. The molecule has 0 amide bonds. The third-order valence-electron chi connectivity index (χ3n) is 3.57. The van der Waals surface area contributed by atoms with Gasteiger partial charge in [0.25, 0.3) is 0 Å². The number of carbonyl (C=O) groups is 1. The Hall–Kier alpha value is -0.370. The van der Waals surface area contributed by atoms with Crippen molar-refractivity contribution in [2.75, 3.05) is 6.61 Å². The molecule has 15 heavy (non-hydrogen) atoms. The minimum Gasteiger partial charge on any atom is -0.375 e. The van der Waals surface area contributed by atoms with E-state index in [9.17, 15) is 4.79 Å². The highest BCUT2D eigenvalue weighted by atomic mass is 16.5. The minimum atomic E-state index is -0.0508. The first kappa shape index (κ1) is 12.7. The Morgan fingerprint density at radius 2 is 2.20 bits per heavy atom. The number of carbonyl (C=O) groups excluding carboxylic acids is 1. The third kappa shape index (κ3) is 3.60. The number of hydrogen-bond acceptors (Lipinski definition) is 2. The van der Waals surface area contributed by atoms with Gasteiger partial charge in [-0.3, -0.25) is 4.79 Å². The maximum Gasteiger partial charge on any atom is 0.136 e. The third-order valence-corrected chi connectivity index (χ3v) is 3.57. The van der Waals surface area contributed by atoms with Crippen molar-refractivity contribution in [3.05, 3.63) is 0 Å². The number of rotatable bonds is 5. The predicted octanol–water partition coefficient (Wildman–Crippen LogP) is 3.34. The molecule has 2 heteroatoms. The molecule has 0 aromatic rings. The van der Waals surface area contributed by atoms with Crippen LogP contribution < -0.4 is 0 Å². The highest BCUT2D eigenvalue weighted by Gasteiger charge is 2.34. The monoisotopic (exact) mass is 212 g/mol. The zero-order valence-electron chi connectivity index (χ0n) is 10.3. The summed E-state index contributed by atoms with van der Waals surface area (Å²) in [5.74, 6) is 0.718. The molecule has 1 rings (SSSR count). The normalized spacial score (nSPS) is 31.5. The van der Waals surface area contributed by atoms with Crippen LogP contribution in [0, 0.1) is 5.92 Å². The summed E-state index contributed by atoms with van der Waals surface area (Å²) in [5.41, 5.74) is -0.0508. The Bertz CT molecular complexity index is 213. The second-order valence-electron chi connectivity index (χ2n) is 4.91. The van der Waals surface area contributed by atoms with E-state index in [1.165, 1.54) is 0 Å². The number of ketones is 1. The standard InChI is InChI=1S/C13H24O2/c1-4-6-7-12(14)11-8-9-15-13(3,5-2)10-11/h11H,4-10H2,1-3H3/t11-,13-/m0/s1. The van der Waals surface area contributed by atoms with Gasteiger partial charge in [0.05, 0.1) is 5.60 Å². The van der Waals surface area contributed by atoms with Gasteiger partial charge in [0.15, 0.2) is 0 Å². The summed E-state index contributed by atoms with van der Waals surface area (Å²) in [4.78, 5) is 11.9. The zero-order valence-corrected chi connectivity index (χ0v) is 10.3. The summed E-state index contributed by atoms with van der Waals surface area (Å²) >= 11 is 0. The molecule has 0 aromatic carbocycles. The Kier molecular flexibility index (Phi) is 4.78. The molecule has 1 heterocycles. The molecule has 0 aliphatic carbocycles. The molecule has 0 N–H and O–H groups in total. The lowest BCUT2D eigenvalue weighted by Gasteiger charge is -2.37. The van der Waals surface area contributed by atoms with Gasteiger partial charge in [-0.05, 0) is 32.6 Å². The van der Waals surface area contributed by atoms with Crippen molar-refractivity contribution in [3.8, 4) is 0 Å². The van der Waals surface area contributed by atoms with Crippen LogP contribution in [0.3, 0.4) is 0 Å². The summed E-state index contributed by atoms with van der Waals surface area (Å²) in [7, 11) is 0. The number of unbranched alkanes of at least 4 members (excludes halogenated alkanes) is 1. The van der Waals surface area contributed by atoms with Crippen LogP contribution in [0.15, 0.2) is 0 Å². The molecule has 0 aromatic heterocycles. The van der Waals surface area contributed by atoms with Crippen LogP contribution in [0.1, 0.15) is 59.3 Å². The largest absolute Gasteiger partial charge is 0.375 e. The van der Waals surface area contributed by atoms with Gasteiger partial charge in [-0.2, -0.15) is 0 Å². The molecule has 0 radical (unpaired) electrons. The van der Waals surface area contributed by atoms with Crippen molar-refractivity contribution in [2.45, 2.75) is 64.9 Å². The van der Waals surface area contributed by atoms with Crippen LogP contribution in [0.4, 0.5) is 0 Å². The van der Waals surface area contributed by atoms with Crippen LogP contribution in [-0.4, -0.2) is 18.0 Å². The van der Waals surface area contributed by atoms with E-state index in [2.05, 4.69) is 20.8 Å². The van der Waals surface area contributed by atoms with Crippen molar-refractivity contribution >= 4 is 5.78 Å². The van der Waals surface area contributed by atoms with E-state index in [-0.39, 0.29) is 11.5 Å². The smallest absolute Gasteiger partial charge is 0.136 e. The highest BCUT2D eigenvalue weighted by molar-refractivity contribution is 5.81. The van der Waals surface area contributed by atoms with E-state index < -0.39 is 0 Å². The molecule has 2 nitrogen and oxygen atoms in total. The molecule has 1 saturated heterocycles. The zero-order chi connectivity index (χ0) is 11.3. The molecule has 0 bridgehead atoms. The summed E-state index contributed by atoms with van der Waals surface area (Å²) in [6.45, 7) is 7.16. The molecule has 0 unspecified atom stereocenters. The molecule has 0 spiro atoms. The fourth-order valence-electron chi connectivity index (χ4n) is 2.21. The van der Waals surface area contributed by atoms with Gasteiger partial charge in [-0.15, -0.1) is 0 Å². The number of Topliss-reactive ketones (excluding diaryl/α,β-unsaturated/α-hetero) is 1. The van der Waals surface area contributed by atoms with Crippen molar-refractivity contribution < 1.29 is 9.53 Å². The average molecular weight is 212 g/mol. The van der Waals surface area contributed by atoms with E-state index in [1.54, 1.807) is 0 Å². The fraction of sp³-hybridized carbons (Fsp3) is 0.923. The van der Waals surface area contributed by atoms with Gasteiger partial charge in [0.1, 0.15) is 5.78 Å². The van der Waals surface area contributed by atoms with Crippen LogP contribution in [0.5, 0.6) is 0 Å². The summed E-state index contributed by atoms with van der Waals surface area (Å²) in [6.07, 6.45) is 5.77. The van der Waals surface area contributed by atoms with Crippen molar-refractivity contribution in [1.82, 2.24) is 0 Å². The van der Waals surface area contributed by atoms with Gasteiger partial charge in [0, 0.05) is 18.9 Å². The van der Waals surface area contributed by atoms with Crippen LogP contribution in [0.25, 0.3) is 0 Å². The van der Waals surface area contributed by atoms with E-state index >= 15 is 0 Å². The lowest BCUT2D eigenvalue weighted by atomic mass is 9.82. The van der Waals surface area contributed by atoms with Gasteiger partial charge in [0.2, 0.25) is 0 Å². The van der Waals surface area contributed by atoms with Crippen molar-refractivity contribution in [2.24, 2.45) is 5.92 Å². The van der Waals surface area contributed by atoms with E-state index in [1.807, 2.05) is 0 Å². The SMILES string of the molecule is CCCCC(=O)[C@H]1CCO[C@@](C)(CC)C1. The number of ether oxygens (including phenoxy) is 1. The predicted molar refractivity (Wildman–Crippen MR) is 61.9 cm³/mol. The molecule has 2 atom stereocenters. The maximum absolute atomic E-state index is 11.9.